The summed E-state index contributed by atoms with van der Waals surface area (Å²) in [5.41, 5.74) is 0. The minimum Gasteiger partial charge on any atom is -0.462 e. The Balaban J connectivity index is 2.63. The van der Waals surface area contributed by atoms with Crippen LogP contribution in [0.3, 0.4) is 0 Å². The largest absolute Gasteiger partial charge is 0.472 e. The van der Waals surface area contributed by atoms with Gasteiger partial charge in [-0.05, 0) is 83.5 Å². The summed E-state index contributed by atoms with van der Waals surface area (Å²) in [6.07, 6.45) is 25.5. The summed E-state index contributed by atoms with van der Waals surface area (Å²) in [6, 6.07) is 0. The molecule has 0 aromatic carbocycles. The fraction of sp³-hybridized carbons (Fsp3) is 0.745. The van der Waals surface area contributed by atoms with Crippen LogP contribution in [0.15, 0.2) is 60.8 Å². The molecular formula is C47H82O17P2. The van der Waals surface area contributed by atoms with E-state index < -0.39 is 83.5 Å². The second-order valence-electron chi connectivity index (χ2n) is 16.6. The van der Waals surface area contributed by atoms with Gasteiger partial charge < -0.3 is 49.7 Å². The first-order valence-electron chi connectivity index (χ1n) is 23.9. The SMILES string of the molecule is CCCCCC/C=C\CCCCCCCCCC(=O)O[C@H](COC(=O)CCC/C=C\C/C=C\C/C=C\C/C=C\CC[C@@H](O)CC)COP(=O)(O)O[C@H]1C(O)C(O)C(O)[C@@H](OP(=O)(O)O)C1O. The highest BCUT2D eigenvalue weighted by Gasteiger charge is 2.54. The number of carbonyl (C=O) groups excluding carboxylic acids is 2. The summed E-state index contributed by atoms with van der Waals surface area (Å²) in [5.74, 6) is -1.30. The normalized spacial score (nSPS) is 22.5. The number of ether oxygens (including phenoxy) is 2. The van der Waals surface area contributed by atoms with Crippen LogP contribution in [0.1, 0.15) is 162 Å². The lowest BCUT2D eigenvalue weighted by Gasteiger charge is -2.43. The summed E-state index contributed by atoms with van der Waals surface area (Å²) in [5, 5.41) is 50.8. The second kappa shape index (κ2) is 37.5. The first-order valence-corrected chi connectivity index (χ1v) is 26.9. The van der Waals surface area contributed by atoms with E-state index in [1.54, 1.807) is 0 Å². The minimum atomic E-state index is -5.38. The lowest BCUT2D eigenvalue weighted by Crippen LogP contribution is -2.64. The van der Waals surface area contributed by atoms with Crippen molar-refractivity contribution in [3.8, 4) is 0 Å². The zero-order chi connectivity index (χ0) is 49.1. The third-order valence-electron chi connectivity index (χ3n) is 10.7. The van der Waals surface area contributed by atoms with Crippen molar-refractivity contribution >= 4 is 27.6 Å². The fourth-order valence-electron chi connectivity index (χ4n) is 6.82. The van der Waals surface area contributed by atoms with E-state index in [4.69, 9.17) is 18.5 Å². The van der Waals surface area contributed by atoms with Crippen LogP contribution in [0.25, 0.3) is 0 Å². The average molecular weight is 981 g/mol. The number of rotatable bonds is 39. The molecule has 0 amide bonds. The van der Waals surface area contributed by atoms with Gasteiger partial charge in [0.2, 0.25) is 0 Å². The molecule has 0 saturated heterocycles. The molecular weight excluding hydrogens is 898 g/mol. The molecule has 0 aromatic rings. The number of unbranched alkanes of at least 4 members (excludes halogenated alkanes) is 12. The van der Waals surface area contributed by atoms with Crippen molar-refractivity contribution in [2.45, 2.75) is 210 Å². The number of aliphatic hydroxyl groups is 5. The number of phosphoric ester groups is 2. The van der Waals surface area contributed by atoms with E-state index in [2.05, 4.69) is 54.0 Å². The molecule has 5 unspecified atom stereocenters. The van der Waals surface area contributed by atoms with E-state index in [1.807, 2.05) is 25.2 Å². The predicted molar refractivity (Wildman–Crippen MR) is 252 cm³/mol. The zero-order valence-electron chi connectivity index (χ0n) is 39.2. The Morgan fingerprint density at radius 2 is 1.02 bits per heavy atom. The van der Waals surface area contributed by atoms with Gasteiger partial charge in [0.1, 0.15) is 43.2 Å². The van der Waals surface area contributed by atoms with Gasteiger partial charge in [-0.2, -0.15) is 0 Å². The van der Waals surface area contributed by atoms with Crippen molar-refractivity contribution in [3.63, 3.8) is 0 Å². The van der Waals surface area contributed by atoms with Crippen molar-refractivity contribution in [1.29, 1.82) is 0 Å². The third-order valence-corrected chi connectivity index (χ3v) is 12.2. The highest BCUT2D eigenvalue weighted by Crippen LogP contribution is 2.49. The van der Waals surface area contributed by atoms with Crippen LogP contribution in [-0.2, 0) is 41.8 Å². The first kappa shape index (κ1) is 61.7. The van der Waals surface area contributed by atoms with Crippen LogP contribution in [0.4, 0.5) is 0 Å². The Morgan fingerprint density at radius 3 is 1.58 bits per heavy atom. The second-order valence-corrected chi connectivity index (χ2v) is 19.2. The maximum atomic E-state index is 13.0. The monoisotopic (exact) mass is 981 g/mol. The Morgan fingerprint density at radius 1 is 0.545 bits per heavy atom. The average Bonchev–Trinajstić information content (AvgIpc) is 3.27. The van der Waals surface area contributed by atoms with Gasteiger partial charge in [0.05, 0.1) is 12.7 Å². The number of hydrogen-bond donors (Lipinski definition) is 8. The lowest BCUT2D eigenvalue weighted by molar-refractivity contribution is -0.216. The molecule has 19 heteroatoms. The van der Waals surface area contributed by atoms with Crippen molar-refractivity contribution in [2.75, 3.05) is 13.2 Å². The summed E-state index contributed by atoms with van der Waals surface area (Å²) < 4.78 is 49.3. The molecule has 0 bridgehead atoms. The number of esters is 2. The standard InChI is InChI=1S/C47H82O17P2/c1-3-5-6-7-8-9-10-11-12-17-20-23-26-29-32-35-41(50)62-39(37-61-66(58,59)64-47-44(53)42(51)43(52)46(45(47)54)63-65(55,56)57)36-60-40(49)34-31-28-25-22-19-16-14-13-15-18-21-24-27-30-33-38(48)4-2/h9-10,14-16,18,22,24-25,27,38-39,42-48,51-54H,3-8,11-13,17,19-21,23,26,28-37H2,1-2H3,(H,58,59)(H2,55,56,57)/b10-9-,16-14-,18-15-,25-22-,27-24-/t38-,39+,42?,43?,44?,45?,46+,47-/m0/s1. The fourth-order valence-corrected chi connectivity index (χ4v) is 8.36. The van der Waals surface area contributed by atoms with E-state index >= 15 is 0 Å². The molecule has 1 aliphatic carbocycles. The Kier molecular flexibility index (Phi) is 35.1. The molecule has 8 N–H and O–H groups in total. The van der Waals surface area contributed by atoms with E-state index in [1.165, 1.54) is 25.7 Å². The molecule has 0 radical (unpaired) electrons. The van der Waals surface area contributed by atoms with Gasteiger partial charge in [0.15, 0.2) is 6.10 Å². The summed E-state index contributed by atoms with van der Waals surface area (Å²) in [4.78, 5) is 54.3. The van der Waals surface area contributed by atoms with Gasteiger partial charge in [-0.15, -0.1) is 0 Å². The number of hydrogen-bond acceptors (Lipinski definition) is 14. The molecule has 66 heavy (non-hydrogen) atoms. The Bertz CT molecular complexity index is 1530. The van der Waals surface area contributed by atoms with E-state index in [0.717, 1.165) is 89.9 Å². The van der Waals surface area contributed by atoms with Crippen LogP contribution < -0.4 is 0 Å². The van der Waals surface area contributed by atoms with Crippen molar-refractivity contribution in [3.05, 3.63) is 60.8 Å². The van der Waals surface area contributed by atoms with Crippen molar-refractivity contribution in [1.82, 2.24) is 0 Å². The van der Waals surface area contributed by atoms with Crippen LogP contribution in [0.5, 0.6) is 0 Å². The Labute approximate surface area is 392 Å². The van der Waals surface area contributed by atoms with Crippen LogP contribution in [0.2, 0.25) is 0 Å². The summed E-state index contributed by atoms with van der Waals surface area (Å²) in [6.45, 7) is 2.76. The highest BCUT2D eigenvalue weighted by molar-refractivity contribution is 7.47. The van der Waals surface area contributed by atoms with Gasteiger partial charge in [-0.3, -0.25) is 23.2 Å². The maximum absolute atomic E-state index is 13.0. The molecule has 1 fully saturated rings. The van der Waals surface area contributed by atoms with Crippen LogP contribution in [-0.4, -0.2) is 114 Å². The topological polar surface area (TPSA) is 276 Å². The molecule has 1 aliphatic rings. The number of aliphatic hydroxyl groups excluding tert-OH is 5. The van der Waals surface area contributed by atoms with Gasteiger partial charge >= 0.3 is 27.6 Å². The summed E-state index contributed by atoms with van der Waals surface area (Å²) >= 11 is 0. The van der Waals surface area contributed by atoms with E-state index in [-0.39, 0.29) is 18.9 Å². The first-order chi connectivity index (χ1) is 31.5. The number of allylic oxidation sites excluding steroid dienone is 10. The molecule has 0 aromatic heterocycles. The molecule has 9 atom stereocenters. The zero-order valence-corrected chi connectivity index (χ0v) is 41.0. The lowest BCUT2D eigenvalue weighted by atomic mass is 9.85. The number of carbonyl (C=O) groups is 2. The summed E-state index contributed by atoms with van der Waals surface area (Å²) in [7, 11) is -10.7. The molecule has 382 valence electrons. The third kappa shape index (κ3) is 31.7. The van der Waals surface area contributed by atoms with Gasteiger partial charge in [-0.25, -0.2) is 9.13 Å². The molecule has 1 saturated carbocycles. The van der Waals surface area contributed by atoms with E-state index in [0.29, 0.717) is 19.3 Å². The predicted octanol–water partition coefficient (Wildman–Crippen LogP) is 8.03. The highest BCUT2D eigenvalue weighted by atomic mass is 31.2. The minimum absolute atomic E-state index is 0.0184. The van der Waals surface area contributed by atoms with Gasteiger partial charge in [0, 0.05) is 12.8 Å². The molecule has 0 heterocycles. The molecule has 0 spiro atoms. The quantitative estimate of drug-likeness (QED) is 0.0125. The molecule has 0 aliphatic heterocycles. The van der Waals surface area contributed by atoms with Gasteiger partial charge in [0.25, 0.3) is 0 Å². The maximum Gasteiger partial charge on any atom is 0.472 e. The van der Waals surface area contributed by atoms with Crippen molar-refractivity contribution in [2.24, 2.45) is 0 Å². The Hall–Kier alpha value is -2.34. The van der Waals surface area contributed by atoms with E-state index in [9.17, 15) is 58.9 Å². The van der Waals surface area contributed by atoms with Crippen LogP contribution >= 0.6 is 15.6 Å². The van der Waals surface area contributed by atoms with Gasteiger partial charge in [-0.1, -0.05) is 126 Å². The number of phosphoric acid groups is 2. The van der Waals surface area contributed by atoms with Crippen LogP contribution in [0, 0.1) is 0 Å². The molecule has 1 rings (SSSR count). The molecule has 17 nitrogen and oxygen atoms in total. The smallest absolute Gasteiger partial charge is 0.462 e. The van der Waals surface area contributed by atoms with Crippen molar-refractivity contribution < 1.29 is 82.0 Å².